The molecule has 6 nitrogen and oxygen atoms in total. The number of imidazole rings is 1. The lowest BCUT2D eigenvalue weighted by molar-refractivity contribution is -0.136. The molecule has 0 radical (unpaired) electrons. The van der Waals surface area contributed by atoms with Crippen LogP contribution in [0.2, 0.25) is 0 Å². The molecular formula is C21H20F3N5O. The molecule has 30 heavy (non-hydrogen) atoms. The minimum Gasteiger partial charge on any atom is -0.346 e. The van der Waals surface area contributed by atoms with Crippen molar-refractivity contribution in [2.45, 2.75) is 32.0 Å². The number of carbonyl (C=O) groups excluding carboxylic acids is 1. The fourth-order valence-corrected chi connectivity index (χ4v) is 3.88. The quantitative estimate of drug-likeness (QED) is 0.666. The lowest BCUT2D eigenvalue weighted by Gasteiger charge is -2.39. The molecule has 156 valence electrons. The largest absolute Gasteiger partial charge is 0.418 e. The summed E-state index contributed by atoms with van der Waals surface area (Å²) in [6.45, 7) is 3.45. The van der Waals surface area contributed by atoms with Gasteiger partial charge < -0.3 is 5.32 Å². The molecule has 0 saturated carbocycles. The van der Waals surface area contributed by atoms with E-state index < -0.39 is 17.3 Å². The highest BCUT2D eigenvalue weighted by Gasteiger charge is 2.38. The number of nitrogens with zero attached hydrogens (tertiary/aromatic N) is 3. The molecule has 1 fully saturated rings. The summed E-state index contributed by atoms with van der Waals surface area (Å²) >= 11 is 0. The van der Waals surface area contributed by atoms with Crippen LogP contribution in [0.5, 0.6) is 0 Å². The van der Waals surface area contributed by atoms with E-state index in [1.807, 2.05) is 0 Å². The number of aromatic nitrogens is 2. The van der Waals surface area contributed by atoms with Crippen molar-refractivity contribution in [3.8, 4) is 5.69 Å². The predicted octanol–water partition coefficient (Wildman–Crippen LogP) is 3.95. The fourth-order valence-electron chi connectivity index (χ4n) is 3.88. The van der Waals surface area contributed by atoms with Gasteiger partial charge in [0.25, 0.3) is 0 Å². The number of nitrogens with one attached hydrogen (secondary N) is 2. The minimum absolute atomic E-state index is 0.00930. The number of aryl methyl sites for hydroxylation is 1. The van der Waals surface area contributed by atoms with Crippen LogP contribution < -0.4 is 5.32 Å². The predicted molar refractivity (Wildman–Crippen MR) is 106 cm³/mol. The molecule has 0 unspecified atom stereocenters. The molecular weight excluding hydrogens is 395 g/mol. The average Bonchev–Trinajstić information content (AvgIpc) is 3.01. The fraction of sp³-hybridized carbons (Fsp3) is 0.286. The van der Waals surface area contributed by atoms with Gasteiger partial charge in [-0.05, 0) is 43.7 Å². The Balaban J connectivity index is 1.88. The first kappa shape index (κ1) is 19.9. The number of guanidine groups is 1. The highest BCUT2D eigenvalue weighted by atomic mass is 19.4. The van der Waals surface area contributed by atoms with E-state index in [9.17, 15) is 18.0 Å². The number of halogens is 3. The number of rotatable bonds is 2. The van der Waals surface area contributed by atoms with Gasteiger partial charge in [0.15, 0.2) is 5.96 Å². The van der Waals surface area contributed by atoms with Crippen molar-refractivity contribution in [3.05, 3.63) is 59.4 Å². The van der Waals surface area contributed by atoms with Crippen LogP contribution in [0.25, 0.3) is 16.7 Å². The zero-order valence-corrected chi connectivity index (χ0v) is 16.6. The lowest BCUT2D eigenvalue weighted by atomic mass is 9.86. The van der Waals surface area contributed by atoms with Gasteiger partial charge in [0.05, 0.1) is 28.6 Å². The zero-order valence-electron chi connectivity index (χ0n) is 16.6. The molecule has 4 rings (SSSR count). The van der Waals surface area contributed by atoms with Crippen LogP contribution in [0.4, 0.5) is 13.2 Å². The van der Waals surface area contributed by atoms with Gasteiger partial charge >= 0.3 is 6.18 Å². The van der Waals surface area contributed by atoms with E-state index in [0.29, 0.717) is 17.1 Å². The monoisotopic (exact) mass is 415 g/mol. The Bertz CT molecular complexity index is 1160. The summed E-state index contributed by atoms with van der Waals surface area (Å²) in [6.07, 6.45) is -4.41. The van der Waals surface area contributed by atoms with Gasteiger partial charge in [-0.15, -0.1) is 0 Å². The molecule has 2 aromatic carbocycles. The Morgan fingerprint density at radius 1 is 1.20 bits per heavy atom. The van der Waals surface area contributed by atoms with E-state index in [2.05, 4.69) is 10.3 Å². The lowest BCUT2D eigenvalue weighted by Crippen LogP contribution is -2.58. The Morgan fingerprint density at radius 2 is 1.90 bits per heavy atom. The van der Waals surface area contributed by atoms with Gasteiger partial charge in [-0.3, -0.25) is 19.7 Å². The number of carbonyl (C=O) groups is 1. The maximum atomic E-state index is 13.7. The highest BCUT2D eigenvalue weighted by molar-refractivity contribution is 5.98. The minimum atomic E-state index is -4.52. The van der Waals surface area contributed by atoms with Crippen LogP contribution in [0, 0.1) is 12.3 Å². The van der Waals surface area contributed by atoms with Crippen LogP contribution in [0.15, 0.2) is 42.5 Å². The molecule has 0 bridgehead atoms. The van der Waals surface area contributed by atoms with E-state index in [-0.39, 0.29) is 29.3 Å². The van der Waals surface area contributed by atoms with Crippen LogP contribution >= 0.6 is 0 Å². The summed E-state index contributed by atoms with van der Waals surface area (Å²) in [5.41, 5.74) is -0.166. The van der Waals surface area contributed by atoms with Crippen LogP contribution in [-0.4, -0.2) is 33.4 Å². The number of para-hydroxylation sites is 1. The smallest absolute Gasteiger partial charge is 0.346 e. The van der Waals surface area contributed by atoms with Gasteiger partial charge in [0, 0.05) is 12.7 Å². The number of hydrogen-bond acceptors (Lipinski definition) is 3. The molecule has 0 aliphatic carbocycles. The Morgan fingerprint density at radius 3 is 2.57 bits per heavy atom. The normalized spacial score (nSPS) is 20.0. The number of fused-ring (bicyclic) bond motifs is 1. The molecule has 2 heterocycles. The van der Waals surface area contributed by atoms with E-state index in [0.717, 1.165) is 6.07 Å². The zero-order chi connectivity index (χ0) is 21.8. The molecule has 1 atom stereocenters. The Hall–Kier alpha value is -3.36. The van der Waals surface area contributed by atoms with E-state index in [4.69, 9.17) is 5.41 Å². The first-order valence-electron chi connectivity index (χ1n) is 9.31. The second kappa shape index (κ2) is 6.58. The third-order valence-corrected chi connectivity index (χ3v) is 5.50. The molecule has 3 aromatic rings. The number of hydrogen-bond donors (Lipinski definition) is 2. The maximum Gasteiger partial charge on any atom is 0.418 e. The second-order valence-electron chi connectivity index (χ2n) is 7.65. The van der Waals surface area contributed by atoms with E-state index >= 15 is 0 Å². The van der Waals surface area contributed by atoms with Crippen LogP contribution in [0.3, 0.4) is 0 Å². The van der Waals surface area contributed by atoms with Gasteiger partial charge in [-0.2, -0.15) is 13.2 Å². The molecule has 1 aromatic heterocycles. The third-order valence-electron chi connectivity index (χ3n) is 5.50. The summed E-state index contributed by atoms with van der Waals surface area (Å²) in [5, 5.41) is 11.0. The summed E-state index contributed by atoms with van der Waals surface area (Å²) in [5.74, 6) is 0.183. The van der Waals surface area contributed by atoms with Gasteiger partial charge in [-0.25, -0.2) is 4.98 Å². The standard InChI is InChI=1S/C21H20F3N5O/c1-12-26-16-9-5-8-15(21(22,23)24)18(16)29(12)14-7-4-6-13(10-14)20(2)11-17(30)28(3)19(25)27-20/h4-10H,11H2,1-3H3,(H2,25,27)/t20-/m0/s1. The molecule has 1 aliphatic rings. The topological polar surface area (TPSA) is 74.0 Å². The second-order valence-corrected chi connectivity index (χ2v) is 7.65. The van der Waals surface area contributed by atoms with Crippen molar-refractivity contribution in [1.82, 2.24) is 19.8 Å². The van der Waals surface area contributed by atoms with Gasteiger partial charge in [0.2, 0.25) is 5.91 Å². The van der Waals surface area contributed by atoms with Crippen molar-refractivity contribution >= 4 is 22.9 Å². The molecule has 1 amide bonds. The number of amides is 1. The molecule has 2 N–H and O–H groups in total. The summed E-state index contributed by atoms with van der Waals surface area (Å²) < 4.78 is 42.5. The van der Waals surface area contributed by atoms with Crippen molar-refractivity contribution in [3.63, 3.8) is 0 Å². The Labute approximate surface area is 170 Å². The van der Waals surface area contributed by atoms with Crippen molar-refractivity contribution in [2.75, 3.05) is 7.05 Å². The first-order valence-corrected chi connectivity index (χ1v) is 9.31. The summed E-state index contributed by atoms with van der Waals surface area (Å²) in [7, 11) is 1.52. The van der Waals surface area contributed by atoms with E-state index in [1.54, 1.807) is 44.2 Å². The van der Waals surface area contributed by atoms with Gasteiger partial charge in [-0.1, -0.05) is 18.2 Å². The first-order chi connectivity index (χ1) is 14.0. The summed E-state index contributed by atoms with van der Waals surface area (Å²) in [4.78, 5) is 17.8. The molecule has 1 saturated heterocycles. The molecule has 9 heteroatoms. The molecule has 0 spiro atoms. The third kappa shape index (κ3) is 3.10. The van der Waals surface area contributed by atoms with Crippen LogP contribution in [-0.2, 0) is 16.5 Å². The van der Waals surface area contributed by atoms with Gasteiger partial charge in [0.1, 0.15) is 5.82 Å². The average molecular weight is 415 g/mol. The molecule has 1 aliphatic heterocycles. The van der Waals surface area contributed by atoms with Crippen molar-refractivity contribution < 1.29 is 18.0 Å². The SMILES string of the molecule is Cc1nc2cccc(C(F)(F)F)c2n1-c1cccc([C@]2(C)CC(=O)N(C)C(=N)N2)c1. The Kier molecular flexibility index (Phi) is 4.37. The highest BCUT2D eigenvalue weighted by Crippen LogP contribution is 2.37. The summed E-state index contributed by atoms with van der Waals surface area (Å²) in [6, 6.07) is 10.9. The van der Waals surface area contributed by atoms with Crippen molar-refractivity contribution in [2.24, 2.45) is 0 Å². The van der Waals surface area contributed by atoms with Crippen LogP contribution in [0.1, 0.15) is 30.3 Å². The number of benzene rings is 2. The van der Waals surface area contributed by atoms with Crippen molar-refractivity contribution in [1.29, 1.82) is 5.41 Å². The maximum absolute atomic E-state index is 13.7. The number of alkyl halides is 3. The van der Waals surface area contributed by atoms with E-state index in [1.165, 1.54) is 22.6 Å².